The third kappa shape index (κ3) is 5.84. The molecule has 0 aliphatic carbocycles. The Labute approximate surface area is 176 Å². The molecule has 0 aromatic heterocycles. The summed E-state index contributed by atoms with van der Waals surface area (Å²) in [6.07, 6.45) is -7.19. The summed E-state index contributed by atoms with van der Waals surface area (Å²) in [5.74, 6) is -4.98. The Hall–Kier alpha value is -1.88. The largest absolute Gasteiger partial charge is 0.478 e. The number of carboxylic acids is 1. The van der Waals surface area contributed by atoms with Crippen molar-refractivity contribution in [3.63, 3.8) is 0 Å². The fraction of sp³-hybridized carbons (Fsp3) is 0.467. The first kappa shape index (κ1) is 26.2. The number of hydrogen-bond acceptors (Lipinski definition) is 5. The first-order chi connectivity index (χ1) is 13.7. The van der Waals surface area contributed by atoms with Gasteiger partial charge in [-0.25, -0.2) is 9.59 Å². The molecule has 30 heavy (non-hydrogen) atoms. The van der Waals surface area contributed by atoms with E-state index < -0.39 is 51.2 Å². The van der Waals surface area contributed by atoms with E-state index in [9.17, 15) is 36.3 Å². The van der Waals surface area contributed by atoms with Crippen molar-refractivity contribution in [2.24, 2.45) is 0 Å². The zero-order valence-electron chi connectivity index (χ0n) is 17.1. The second kappa shape index (κ2) is 9.95. The summed E-state index contributed by atoms with van der Waals surface area (Å²) in [5.41, 5.74) is 0.996. The van der Waals surface area contributed by atoms with Gasteiger partial charge in [0.1, 0.15) is 37.1 Å². The van der Waals surface area contributed by atoms with Gasteiger partial charge in [0.2, 0.25) is 6.10 Å². The molecule has 162 valence electrons. The van der Waals surface area contributed by atoms with Gasteiger partial charge in [-0.1, -0.05) is 25.3 Å². The fourth-order valence-corrected chi connectivity index (χ4v) is 4.28. The summed E-state index contributed by atoms with van der Waals surface area (Å²) < 4.78 is 74.8. The van der Waals surface area contributed by atoms with Crippen molar-refractivity contribution < 1.29 is 45.6 Å². The van der Waals surface area contributed by atoms with Crippen LogP contribution < -0.4 is 0 Å². The summed E-state index contributed by atoms with van der Waals surface area (Å²) >= 11 is 0. The van der Waals surface area contributed by atoms with E-state index in [2.05, 4.69) is 4.74 Å². The van der Waals surface area contributed by atoms with E-state index in [1.165, 1.54) is 0 Å². The van der Waals surface area contributed by atoms with Crippen molar-refractivity contribution in [3.8, 4) is 0 Å². The van der Waals surface area contributed by atoms with Crippen LogP contribution in [0.3, 0.4) is 0 Å². The highest BCUT2D eigenvalue weighted by Gasteiger charge is 2.46. The zero-order chi connectivity index (χ0) is 23.4. The van der Waals surface area contributed by atoms with Crippen molar-refractivity contribution in [2.45, 2.75) is 37.6 Å². The number of halogens is 3. The van der Waals surface area contributed by atoms with Gasteiger partial charge in [-0.15, -0.1) is 0 Å². The van der Waals surface area contributed by atoms with Crippen LogP contribution in [0, 0.1) is 0 Å². The Morgan fingerprint density at radius 2 is 1.30 bits per heavy atom. The maximum atomic E-state index is 13.2. The molecule has 15 heteroatoms. The van der Waals surface area contributed by atoms with Crippen molar-refractivity contribution >= 4 is 53.4 Å². The first-order valence-electron chi connectivity index (χ1n) is 9.38. The Morgan fingerprint density at radius 1 is 0.900 bits per heavy atom. The van der Waals surface area contributed by atoms with Crippen LogP contribution in [0.15, 0.2) is 0 Å². The Balaban J connectivity index is 3.80. The van der Waals surface area contributed by atoms with E-state index in [4.69, 9.17) is 4.55 Å². The molecule has 0 fully saturated rings. The molecule has 0 spiro atoms. The minimum Gasteiger partial charge on any atom is -0.478 e. The van der Waals surface area contributed by atoms with Gasteiger partial charge >= 0.3 is 18.1 Å². The lowest BCUT2D eigenvalue weighted by molar-refractivity contribution is -0.197. The van der Waals surface area contributed by atoms with Gasteiger partial charge in [0, 0.05) is 0 Å². The van der Waals surface area contributed by atoms with Crippen LogP contribution >= 0.6 is 0 Å². The van der Waals surface area contributed by atoms with Crippen LogP contribution in [0.4, 0.5) is 13.2 Å². The Bertz CT molecular complexity index is 935. The molecule has 2 N–H and O–H groups in total. The Morgan fingerprint density at radius 3 is 1.60 bits per heavy atom. The van der Waals surface area contributed by atoms with Crippen molar-refractivity contribution in [2.75, 3.05) is 5.75 Å². The molecule has 1 rings (SSSR count). The van der Waals surface area contributed by atoms with E-state index >= 15 is 0 Å². The van der Waals surface area contributed by atoms with Gasteiger partial charge in [0.05, 0.1) is 11.1 Å². The molecule has 0 bridgehead atoms. The van der Waals surface area contributed by atoms with E-state index in [-0.39, 0.29) is 18.2 Å². The predicted molar refractivity (Wildman–Crippen MR) is 114 cm³/mol. The van der Waals surface area contributed by atoms with Gasteiger partial charge < -0.3 is 9.84 Å². The number of carboxylic acid groups (broad SMARTS) is 1. The standard InChI is InChI=1S/C15H21B4F3O7S/c16-1-6-7(2-17)9(4-19)12(11(13(23)24)8(6)3-18)14(25)29-10(15(20,21)22)5-30(26,27)28/h10H,1-5,16-19H2,(H,23,24)(H,26,27,28). The molecule has 0 amide bonds. The van der Waals surface area contributed by atoms with Crippen LogP contribution in [0.25, 0.3) is 0 Å². The number of ether oxygens (including phenoxy) is 1. The molecule has 1 aromatic rings. The number of carbonyl (C=O) groups excluding carboxylic acids is 1. The molecule has 7 nitrogen and oxygen atoms in total. The summed E-state index contributed by atoms with van der Waals surface area (Å²) in [7, 11) is 1.75. The van der Waals surface area contributed by atoms with E-state index in [0.717, 1.165) is 5.56 Å². The molecule has 0 saturated heterocycles. The molecule has 0 aliphatic heterocycles. The second-order valence-corrected chi connectivity index (χ2v) is 8.06. The number of rotatable bonds is 9. The Kier molecular flexibility index (Phi) is 8.68. The quantitative estimate of drug-likeness (QED) is 0.254. The fourth-order valence-electron chi connectivity index (χ4n) is 3.64. The normalized spacial score (nSPS) is 13.1. The molecule has 0 saturated carbocycles. The van der Waals surface area contributed by atoms with Crippen LogP contribution in [-0.2, 0) is 40.1 Å². The number of aromatic carboxylic acids is 1. The monoisotopic (exact) mass is 446 g/mol. The minimum absolute atomic E-state index is 0.153. The van der Waals surface area contributed by atoms with Crippen LogP contribution in [-0.4, -0.2) is 79.4 Å². The van der Waals surface area contributed by atoms with Gasteiger partial charge in [-0.05, 0) is 22.3 Å². The average Bonchev–Trinajstić information content (AvgIpc) is 2.62. The lowest BCUT2D eigenvalue weighted by atomic mass is 9.72. The van der Waals surface area contributed by atoms with Gasteiger partial charge in [-0.3, -0.25) is 4.55 Å². The topological polar surface area (TPSA) is 118 Å². The SMILES string of the molecule is BCc1c(CB)c(CB)c(C(=O)OC(CS(=O)(=O)O)C(F)(F)F)c(C(=O)O)c1CB. The van der Waals surface area contributed by atoms with E-state index in [1.54, 1.807) is 23.5 Å². The molecule has 1 aromatic carbocycles. The third-order valence-corrected chi connectivity index (χ3v) is 5.48. The smallest absolute Gasteiger partial charge is 0.426 e. The number of esters is 1. The van der Waals surface area contributed by atoms with Crippen LogP contribution in [0.1, 0.15) is 43.0 Å². The van der Waals surface area contributed by atoms with E-state index in [1.807, 2.05) is 7.85 Å². The number of hydrogen-bond donors (Lipinski definition) is 2. The highest BCUT2D eigenvalue weighted by atomic mass is 32.2. The molecular formula is C15H21B4F3O7S. The molecular weight excluding hydrogens is 424 g/mol. The number of alkyl halides is 3. The van der Waals surface area contributed by atoms with E-state index in [0.29, 0.717) is 23.8 Å². The molecule has 0 aliphatic rings. The molecule has 1 unspecified atom stereocenters. The maximum Gasteiger partial charge on any atom is 0.426 e. The van der Waals surface area contributed by atoms with Crippen LogP contribution in [0.5, 0.6) is 0 Å². The third-order valence-electron chi connectivity index (χ3n) is 4.75. The van der Waals surface area contributed by atoms with Crippen LogP contribution in [0.2, 0.25) is 0 Å². The van der Waals surface area contributed by atoms with Crippen molar-refractivity contribution in [1.82, 2.24) is 0 Å². The highest BCUT2D eigenvalue weighted by molar-refractivity contribution is 7.85. The van der Waals surface area contributed by atoms with Gasteiger partial charge in [0.25, 0.3) is 10.1 Å². The number of carbonyl (C=O) groups is 2. The van der Waals surface area contributed by atoms with Crippen molar-refractivity contribution in [3.05, 3.63) is 33.4 Å². The van der Waals surface area contributed by atoms with Gasteiger partial charge in [0.15, 0.2) is 0 Å². The highest BCUT2D eigenvalue weighted by Crippen LogP contribution is 2.32. The minimum atomic E-state index is -5.29. The predicted octanol–water partition coefficient (Wildman–Crippen LogP) is -2.11. The summed E-state index contributed by atoms with van der Waals surface area (Å²) in [6.45, 7) is 0. The molecule has 0 heterocycles. The zero-order valence-corrected chi connectivity index (χ0v) is 17.9. The lowest BCUT2D eigenvalue weighted by Gasteiger charge is -2.25. The summed E-state index contributed by atoms with van der Waals surface area (Å²) in [6, 6.07) is 0. The number of benzene rings is 1. The molecule has 1 atom stereocenters. The second-order valence-electron chi connectivity index (χ2n) is 6.57. The average molecular weight is 446 g/mol. The maximum absolute atomic E-state index is 13.2. The lowest BCUT2D eigenvalue weighted by Crippen LogP contribution is -2.40. The van der Waals surface area contributed by atoms with Crippen molar-refractivity contribution in [1.29, 1.82) is 0 Å². The summed E-state index contributed by atoms with van der Waals surface area (Å²) in [5, 5.41) is 9.74. The molecule has 0 radical (unpaired) electrons. The first-order valence-corrected chi connectivity index (χ1v) is 11.0. The summed E-state index contributed by atoms with van der Waals surface area (Å²) in [4.78, 5) is 24.8. The van der Waals surface area contributed by atoms with Gasteiger partial charge in [-0.2, -0.15) is 21.6 Å².